The summed E-state index contributed by atoms with van der Waals surface area (Å²) in [4.78, 5) is 12.2. The maximum absolute atomic E-state index is 11.0. The second kappa shape index (κ2) is 6.78. The molecule has 0 spiro atoms. The molecule has 0 aliphatic rings. The largest absolute Gasteiger partial charge is 0.530 e. The molecule has 0 unspecified atom stereocenters. The van der Waals surface area contributed by atoms with Gasteiger partial charge in [-0.1, -0.05) is 13.3 Å². The Bertz CT molecular complexity index is 348. The second-order valence-corrected chi connectivity index (χ2v) is 3.70. The summed E-state index contributed by atoms with van der Waals surface area (Å²) >= 11 is 0. The van der Waals surface area contributed by atoms with Crippen molar-refractivity contribution in [2.45, 2.75) is 26.7 Å². The third-order valence-corrected chi connectivity index (χ3v) is 2.42. The molecule has 0 N–H and O–H groups in total. The Morgan fingerprint density at radius 1 is 1.29 bits per heavy atom. The standard InChI is InChI=1S/C13H19NO3/c1-3-5-10-14(13(15)16)11-6-8-12(9-7-11)17-4-2/h6-9H,3-5,10H2,1-2H3,(H,15,16)/p-1. The van der Waals surface area contributed by atoms with Crippen molar-refractivity contribution in [3.05, 3.63) is 24.3 Å². The molecule has 0 fully saturated rings. The van der Waals surface area contributed by atoms with Gasteiger partial charge < -0.3 is 19.5 Å². The average Bonchev–Trinajstić information content (AvgIpc) is 2.31. The highest BCUT2D eigenvalue weighted by Gasteiger charge is 2.06. The fourth-order valence-corrected chi connectivity index (χ4v) is 1.53. The molecule has 1 aromatic carbocycles. The van der Waals surface area contributed by atoms with E-state index < -0.39 is 6.09 Å². The Balaban J connectivity index is 2.76. The quantitative estimate of drug-likeness (QED) is 0.759. The number of rotatable bonds is 6. The van der Waals surface area contributed by atoms with E-state index in [9.17, 15) is 9.90 Å². The first-order valence-corrected chi connectivity index (χ1v) is 5.90. The SMILES string of the molecule is CCCCN(C(=O)[O-])c1ccc(OCC)cc1. The molecule has 94 valence electrons. The Kier molecular flexibility index (Phi) is 5.33. The highest BCUT2D eigenvalue weighted by Crippen LogP contribution is 2.19. The van der Waals surface area contributed by atoms with Gasteiger partial charge in [0.15, 0.2) is 0 Å². The van der Waals surface area contributed by atoms with E-state index in [0.29, 0.717) is 18.8 Å². The van der Waals surface area contributed by atoms with E-state index in [1.807, 2.05) is 13.8 Å². The summed E-state index contributed by atoms with van der Waals surface area (Å²) in [6.45, 7) is 4.99. The van der Waals surface area contributed by atoms with Crippen molar-refractivity contribution in [1.82, 2.24) is 0 Å². The molecule has 4 heteroatoms. The van der Waals surface area contributed by atoms with Crippen molar-refractivity contribution in [1.29, 1.82) is 0 Å². The third-order valence-electron chi connectivity index (χ3n) is 2.42. The summed E-state index contributed by atoms with van der Waals surface area (Å²) in [6, 6.07) is 6.99. The van der Waals surface area contributed by atoms with Crippen LogP contribution in [0.1, 0.15) is 26.7 Å². The Morgan fingerprint density at radius 3 is 2.41 bits per heavy atom. The van der Waals surface area contributed by atoms with Crippen molar-refractivity contribution in [3.8, 4) is 5.75 Å². The van der Waals surface area contributed by atoms with Crippen LogP contribution in [0, 0.1) is 0 Å². The minimum absolute atomic E-state index is 0.465. The summed E-state index contributed by atoms with van der Waals surface area (Å²) in [5, 5.41) is 11.0. The molecule has 0 heterocycles. The number of carbonyl (C=O) groups excluding carboxylic acids is 1. The molecule has 4 nitrogen and oxygen atoms in total. The van der Waals surface area contributed by atoms with Crippen LogP contribution in [-0.4, -0.2) is 19.2 Å². The lowest BCUT2D eigenvalue weighted by atomic mass is 10.2. The van der Waals surface area contributed by atoms with Crippen LogP contribution in [0.5, 0.6) is 5.75 Å². The van der Waals surface area contributed by atoms with Gasteiger partial charge in [-0.2, -0.15) is 0 Å². The monoisotopic (exact) mass is 236 g/mol. The van der Waals surface area contributed by atoms with E-state index >= 15 is 0 Å². The highest BCUT2D eigenvalue weighted by molar-refractivity contribution is 5.84. The first-order chi connectivity index (χ1) is 8.19. The molecular formula is C13H18NO3-. The maximum atomic E-state index is 11.0. The number of benzene rings is 1. The van der Waals surface area contributed by atoms with Gasteiger partial charge in [0.25, 0.3) is 0 Å². The van der Waals surface area contributed by atoms with Crippen LogP contribution in [0.4, 0.5) is 10.5 Å². The molecule has 1 aromatic rings. The van der Waals surface area contributed by atoms with Crippen LogP contribution in [0.2, 0.25) is 0 Å². The van der Waals surface area contributed by atoms with Gasteiger partial charge in [-0.15, -0.1) is 0 Å². The number of carboxylic acid groups (broad SMARTS) is 1. The molecule has 0 aliphatic carbocycles. The first kappa shape index (κ1) is 13.4. The summed E-state index contributed by atoms with van der Waals surface area (Å²) < 4.78 is 5.30. The number of nitrogens with zero attached hydrogens (tertiary/aromatic N) is 1. The van der Waals surface area contributed by atoms with Crippen molar-refractivity contribution in [3.63, 3.8) is 0 Å². The average molecular weight is 236 g/mol. The van der Waals surface area contributed by atoms with Gasteiger partial charge in [0.2, 0.25) is 0 Å². The van der Waals surface area contributed by atoms with Crippen molar-refractivity contribution in [2.75, 3.05) is 18.1 Å². The van der Waals surface area contributed by atoms with Crippen LogP contribution in [0.25, 0.3) is 0 Å². The summed E-state index contributed by atoms with van der Waals surface area (Å²) in [6.07, 6.45) is 0.602. The van der Waals surface area contributed by atoms with E-state index in [1.165, 1.54) is 4.90 Å². The van der Waals surface area contributed by atoms with Gasteiger partial charge in [-0.25, -0.2) is 0 Å². The third kappa shape index (κ3) is 3.98. The number of anilines is 1. The summed E-state index contributed by atoms with van der Waals surface area (Å²) in [5.41, 5.74) is 0.627. The number of unbranched alkanes of at least 4 members (excludes halogenated alkanes) is 1. The molecule has 0 saturated heterocycles. The van der Waals surface area contributed by atoms with E-state index in [1.54, 1.807) is 24.3 Å². The first-order valence-electron chi connectivity index (χ1n) is 5.90. The van der Waals surface area contributed by atoms with Gasteiger partial charge in [-0.05, 0) is 37.6 Å². The van der Waals surface area contributed by atoms with Gasteiger partial charge in [0.05, 0.1) is 6.61 Å². The van der Waals surface area contributed by atoms with Crippen LogP contribution in [-0.2, 0) is 0 Å². The molecule has 1 amide bonds. The fourth-order valence-electron chi connectivity index (χ4n) is 1.53. The summed E-state index contributed by atoms with van der Waals surface area (Å²) in [7, 11) is 0. The number of hydrogen-bond acceptors (Lipinski definition) is 3. The van der Waals surface area contributed by atoms with E-state index in [4.69, 9.17) is 4.74 Å². The summed E-state index contributed by atoms with van der Waals surface area (Å²) in [5.74, 6) is 0.741. The van der Waals surface area contributed by atoms with E-state index in [-0.39, 0.29) is 0 Å². The molecule has 0 aliphatic heterocycles. The minimum atomic E-state index is -1.16. The zero-order valence-electron chi connectivity index (χ0n) is 10.3. The number of ether oxygens (including phenoxy) is 1. The van der Waals surface area contributed by atoms with Crippen LogP contribution >= 0.6 is 0 Å². The number of carbonyl (C=O) groups is 1. The van der Waals surface area contributed by atoms with Crippen LogP contribution < -0.4 is 14.7 Å². The van der Waals surface area contributed by atoms with Crippen molar-refractivity contribution in [2.24, 2.45) is 0 Å². The zero-order chi connectivity index (χ0) is 12.7. The molecule has 0 saturated carbocycles. The molecule has 0 atom stereocenters. The lowest BCUT2D eigenvalue weighted by molar-refractivity contribution is -0.246. The minimum Gasteiger partial charge on any atom is -0.530 e. The number of hydrogen-bond donors (Lipinski definition) is 0. The molecule has 17 heavy (non-hydrogen) atoms. The topological polar surface area (TPSA) is 52.6 Å². The zero-order valence-corrected chi connectivity index (χ0v) is 10.3. The lowest BCUT2D eigenvalue weighted by Gasteiger charge is -2.25. The van der Waals surface area contributed by atoms with Gasteiger partial charge in [-0.3, -0.25) is 0 Å². The van der Waals surface area contributed by atoms with Gasteiger partial charge >= 0.3 is 0 Å². The van der Waals surface area contributed by atoms with E-state index in [2.05, 4.69) is 0 Å². The fraction of sp³-hybridized carbons (Fsp3) is 0.462. The van der Waals surface area contributed by atoms with Crippen LogP contribution in [0.3, 0.4) is 0 Å². The van der Waals surface area contributed by atoms with Crippen molar-refractivity contribution < 1.29 is 14.6 Å². The highest BCUT2D eigenvalue weighted by atomic mass is 16.5. The lowest BCUT2D eigenvalue weighted by Crippen LogP contribution is -2.41. The predicted octanol–water partition coefficient (Wildman–Crippen LogP) is 2.04. The molecule has 0 aromatic heterocycles. The van der Waals surface area contributed by atoms with Gasteiger partial charge in [0.1, 0.15) is 11.8 Å². The Morgan fingerprint density at radius 2 is 1.94 bits per heavy atom. The smallest absolute Gasteiger partial charge is 0.141 e. The molecule has 1 rings (SSSR count). The molecule has 0 bridgehead atoms. The molecular weight excluding hydrogens is 218 g/mol. The predicted molar refractivity (Wildman–Crippen MR) is 65.3 cm³/mol. The van der Waals surface area contributed by atoms with E-state index in [0.717, 1.165) is 18.6 Å². The molecule has 0 radical (unpaired) electrons. The Labute approximate surface area is 102 Å². The second-order valence-electron chi connectivity index (χ2n) is 3.70. The maximum Gasteiger partial charge on any atom is 0.141 e. The number of amides is 1. The van der Waals surface area contributed by atoms with Crippen LogP contribution in [0.15, 0.2) is 24.3 Å². The normalized spacial score (nSPS) is 10.0. The Hall–Kier alpha value is -1.71. The van der Waals surface area contributed by atoms with Gasteiger partial charge in [0, 0.05) is 12.2 Å². The van der Waals surface area contributed by atoms with Crippen molar-refractivity contribution >= 4 is 11.8 Å².